The molecule has 0 aliphatic carbocycles. The molecule has 0 aromatic heterocycles. The van der Waals surface area contributed by atoms with Gasteiger partial charge in [0.15, 0.2) is 0 Å². The average Bonchev–Trinajstić information content (AvgIpc) is 2.73. The van der Waals surface area contributed by atoms with Crippen LogP contribution in [0, 0.1) is 0 Å². The first-order valence-corrected chi connectivity index (χ1v) is 9.44. The topological polar surface area (TPSA) is 43.7 Å². The van der Waals surface area contributed by atoms with Crippen LogP contribution in [0.5, 0.6) is 0 Å². The van der Waals surface area contributed by atoms with Crippen molar-refractivity contribution in [3.05, 3.63) is 108 Å². The SMILES string of the molecule is O[C@H](CCN(Cc1ccccc1)C[C@@H](O)c1ccccc1)c1ccccc1. The normalized spacial score (nSPS) is 13.4. The largest absolute Gasteiger partial charge is 0.388 e. The quantitative estimate of drug-likeness (QED) is 0.596. The van der Waals surface area contributed by atoms with Crippen LogP contribution in [-0.4, -0.2) is 28.2 Å². The summed E-state index contributed by atoms with van der Waals surface area (Å²) in [6.07, 6.45) is -0.430. The first kappa shape index (κ1) is 19.3. The second kappa shape index (κ2) is 10.0. The third-order valence-corrected chi connectivity index (χ3v) is 4.77. The molecule has 3 rings (SSSR count). The predicted octanol–water partition coefficient (Wildman–Crippen LogP) is 4.35. The summed E-state index contributed by atoms with van der Waals surface area (Å²) in [6, 6.07) is 29.7. The van der Waals surface area contributed by atoms with E-state index in [1.807, 2.05) is 78.9 Å². The van der Waals surface area contributed by atoms with E-state index in [2.05, 4.69) is 17.0 Å². The number of benzene rings is 3. The predicted molar refractivity (Wildman–Crippen MR) is 109 cm³/mol. The molecule has 0 aliphatic rings. The van der Waals surface area contributed by atoms with Gasteiger partial charge in [0.1, 0.15) is 0 Å². The van der Waals surface area contributed by atoms with E-state index < -0.39 is 12.2 Å². The summed E-state index contributed by atoms with van der Waals surface area (Å²) in [5, 5.41) is 21.1. The lowest BCUT2D eigenvalue weighted by Gasteiger charge is -2.26. The maximum atomic E-state index is 10.6. The number of aliphatic hydroxyl groups excluding tert-OH is 2. The summed E-state index contributed by atoms with van der Waals surface area (Å²) in [5.41, 5.74) is 3.05. The third kappa shape index (κ3) is 6.04. The van der Waals surface area contributed by atoms with E-state index >= 15 is 0 Å². The van der Waals surface area contributed by atoms with Crippen molar-refractivity contribution in [2.24, 2.45) is 0 Å². The number of nitrogens with zero attached hydrogens (tertiary/aromatic N) is 1. The molecule has 27 heavy (non-hydrogen) atoms. The highest BCUT2D eigenvalue weighted by Crippen LogP contribution is 2.20. The van der Waals surface area contributed by atoms with Crippen LogP contribution >= 0.6 is 0 Å². The highest BCUT2D eigenvalue weighted by Gasteiger charge is 2.16. The van der Waals surface area contributed by atoms with Gasteiger partial charge in [-0.1, -0.05) is 91.0 Å². The highest BCUT2D eigenvalue weighted by atomic mass is 16.3. The summed E-state index contributed by atoms with van der Waals surface area (Å²) >= 11 is 0. The van der Waals surface area contributed by atoms with Crippen molar-refractivity contribution < 1.29 is 10.2 Å². The van der Waals surface area contributed by atoms with Crippen LogP contribution in [0.25, 0.3) is 0 Å². The smallest absolute Gasteiger partial charge is 0.0917 e. The molecule has 0 aliphatic heterocycles. The van der Waals surface area contributed by atoms with Crippen LogP contribution in [0.2, 0.25) is 0 Å². The molecule has 0 heterocycles. The molecule has 0 bridgehead atoms. The van der Waals surface area contributed by atoms with Crippen molar-refractivity contribution in [2.75, 3.05) is 13.1 Å². The molecule has 3 aromatic rings. The number of aliphatic hydroxyl groups is 2. The fourth-order valence-electron chi connectivity index (χ4n) is 3.25. The summed E-state index contributed by atoms with van der Waals surface area (Å²) in [7, 11) is 0. The van der Waals surface area contributed by atoms with E-state index in [0.29, 0.717) is 19.5 Å². The van der Waals surface area contributed by atoms with Gasteiger partial charge >= 0.3 is 0 Å². The number of hydrogen-bond acceptors (Lipinski definition) is 3. The maximum absolute atomic E-state index is 10.6. The van der Waals surface area contributed by atoms with Crippen LogP contribution < -0.4 is 0 Å². The molecule has 0 unspecified atom stereocenters. The monoisotopic (exact) mass is 361 g/mol. The minimum absolute atomic E-state index is 0.502. The molecule has 2 N–H and O–H groups in total. The zero-order valence-electron chi connectivity index (χ0n) is 15.5. The lowest BCUT2D eigenvalue weighted by Crippen LogP contribution is -2.30. The molecule has 0 radical (unpaired) electrons. The van der Waals surface area contributed by atoms with E-state index in [-0.39, 0.29) is 0 Å². The Balaban J connectivity index is 1.65. The van der Waals surface area contributed by atoms with Crippen molar-refractivity contribution in [2.45, 2.75) is 25.2 Å². The van der Waals surface area contributed by atoms with Gasteiger partial charge in [-0.05, 0) is 23.1 Å². The fraction of sp³-hybridized carbons (Fsp3) is 0.250. The molecule has 140 valence electrons. The average molecular weight is 361 g/mol. The van der Waals surface area contributed by atoms with E-state index in [9.17, 15) is 10.2 Å². The maximum Gasteiger partial charge on any atom is 0.0917 e. The standard InChI is InChI=1S/C24H27NO2/c26-23(21-12-6-2-7-13-21)16-17-25(18-20-10-4-1-5-11-20)19-24(27)22-14-8-3-9-15-22/h1-15,23-24,26-27H,16-19H2/t23-,24-/m1/s1. The Hall–Kier alpha value is -2.46. The molecular formula is C24H27NO2. The van der Waals surface area contributed by atoms with Gasteiger partial charge in [0, 0.05) is 19.6 Å². The van der Waals surface area contributed by atoms with Crippen LogP contribution in [0.1, 0.15) is 35.3 Å². The van der Waals surface area contributed by atoms with Crippen molar-refractivity contribution in [1.82, 2.24) is 4.90 Å². The molecule has 0 saturated carbocycles. The first-order valence-electron chi connectivity index (χ1n) is 9.44. The van der Waals surface area contributed by atoms with E-state index in [1.165, 1.54) is 5.56 Å². The van der Waals surface area contributed by atoms with Crippen molar-refractivity contribution in [3.8, 4) is 0 Å². The number of rotatable bonds is 9. The Labute approximate surface area is 161 Å². The van der Waals surface area contributed by atoms with Gasteiger partial charge in [0.05, 0.1) is 12.2 Å². The second-order valence-corrected chi connectivity index (χ2v) is 6.86. The Kier molecular flexibility index (Phi) is 7.17. The highest BCUT2D eigenvalue weighted by molar-refractivity contribution is 5.19. The second-order valence-electron chi connectivity index (χ2n) is 6.86. The minimum Gasteiger partial charge on any atom is -0.388 e. The van der Waals surface area contributed by atoms with E-state index in [1.54, 1.807) is 0 Å². The summed E-state index contributed by atoms with van der Waals surface area (Å²) in [6.45, 7) is 1.97. The van der Waals surface area contributed by atoms with Gasteiger partial charge in [0.2, 0.25) is 0 Å². The lowest BCUT2D eigenvalue weighted by atomic mass is 10.1. The molecule has 0 spiro atoms. The Morgan fingerprint density at radius 3 is 1.67 bits per heavy atom. The number of hydrogen-bond donors (Lipinski definition) is 2. The van der Waals surface area contributed by atoms with E-state index in [0.717, 1.165) is 17.7 Å². The summed E-state index contributed by atoms with van der Waals surface area (Å²) in [5.74, 6) is 0. The molecule has 0 fully saturated rings. The third-order valence-electron chi connectivity index (χ3n) is 4.77. The molecule has 0 saturated heterocycles. The lowest BCUT2D eigenvalue weighted by molar-refractivity contribution is 0.0898. The van der Waals surface area contributed by atoms with Crippen molar-refractivity contribution in [3.63, 3.8) is 0 Å². The summed E-state index contributed by atoms with van der Waals surface area (Å²) in [4.78, 5) is 2.21. The van der Waals surface area contributed by atoms with Crippen molar-refractivity contribution in [1.29, 1.82) is 0 Å². The van der Waals surface area contributed by atoms with Gasteiger partial charge in [-0.3, -0.25) is 4.90 Å². The molecule has 2 atom stereocenters. The van der Waals surface area contributed by atoms with E-state index in [4.69, 9.17) is 0 Å². The molecule has 0 amide bonds. The van der Waals surface area contributed by atoms with Gasteiger partial charge in [0.25, 0.3) is 0 Å². The summed E-state index contributed by atoms with van der Waals surface area (Å²) < 4.78 is 0. The van der Waals surface area contributed by atoms with Crippen LogP contribution in [0.15, 0.2) is 91.0 Å². The molecular weight excluding hydrogens is 334 g/mol. The van der Waals surface area contributed by atoms with Gasteiger partial charge in [-0.25, -0.2) is 0 Å². The van der Waals surface area contributed by atoms with Gasteiger partial charge < -0.3 is 10.2 Å². The minimum atomic E-state index is -0.552. The van der Waals surface area contributed by atoms with Crippen LogP contribution in [-0.2, 0) is 6.54 Å². The fourth-order valence-corrected chi connectivity index (χ4v) is 3.25. The molecule has 3 nitrogen and oxygen atoms in total. The molecule has 3 heteroatoms. The zero-order chi connectivity index (χ0) is 18.9. The van der Waals surface area contributed by atoms with Gasteiger partial charge in [-0.2, -0.15) is 0 Å². The van der Waals surface area contributed by atoms with Crippen LogP contribution in [0.4, 0.5) is 0 Å². The van der Waals surface area contributed by atoms with Crippen molar-refractivity contribution >= 4 is 0 Å². The van der Waals surface area contributed by atoms with Crippen LogP contribution in [0.3, 0.4) is 0 Å². The first-order chi connectivity index (χ1) is 13.2. The van der Waals surface area contributed by atoms with Gasteiger partial charge in [-0.15, -0.1) is 0 Å². The Morgan fingerprint density at radius 2 is 1.11 bits per heavy atom. The molecule has 3 aromatic carbocycles. The zero-order valence-corrected chi connectivity index (χ0v) is 15.5. The Morgan fingerprint density at radius 1 is 0.630 bits per heavy atom. The Bertz CT molecular complexity index is 777.